The van der Waals surface area contributed by atoms with Crippen molar-refractivity contribution in [1.29, 1.82) is 0 Å². The van der Waals surface area contributed by atoms with Gasteiger partial charge in [-0.2, -0.15) is 0 Å². The number of nitrogens with one attached hydrogen (secondary N) is 1. The van der Waals surface area contributed by atoms with Gasteiger partial charge in [0.25, 0.3) is 0 Å². The molecule has 0 aliphatic rings. The molecule has 1 heterocycles. The van der Waals surface area contributed by atoms with Crippen LogP contribution in [-0.2, 0) is 6.54 Å². The van der Waals surface area contributed by atoms with Gasteiger partial charge in [0.1, 0.15) is 18.2 Å². The maximum absolute atomic E-state index is 5.87. The predicted molar refractivity (Wildman–Crippen MR) is 124 cm³/mol. The molecule has 0 saturated carbocycles. The fourth-order valence-corrected chi connectivity index (χ4v) is 2.44. The smallest absolute Gasteiger partial charge is 0.193 e. The first-order valence-corrected chi connectivity index (χ1v) is 8.80. The van der Waals surface area contributed by atoms with Crippen molar-refractivity contribution in [3.63, 3.8) is 0 Å². The van der Waals surface area contributed by atoms with Gasteiger partial charge in [0.05, 0.1) is 6.54 Å². The quantitative estimate of drug-likeness (QED) is 0.356. The number of likely N-dealkylation sites (N-methyl/N-ethyl adjacent to an activating group) is 1. The number of aromatic nitrogens is 1. The van der Waals surface area contributed by atoms with Crippen molar-refractivity contribution >= 4 is 47.4 Å². The number of aliphatic imine (C=N–C) groups is 1. The lowest BCUT2D eigenvalue weighted by molar-refractivity contribution is 0.281. The molecule has 0 atom stereocenters. The lowest BCUT2D eigenvalue weighted by Gasteiger charge is -2.22. The number of hydrogen-bond acceptors (Lipinski definition) is 4. The van der Waals surface area contributed by atoms with Gasteiger partial charge in [0.2, 0.25) is 0 Å². The predicted octanol–water partition coefficient (Wildman–Crippen LogP) is 3.51. The second-order valence-corrected chi connectivity index (χ2v) is 6.48. The number of nitrogens with zero attached hydrogens (tertiary/aromatic N) is 4. The largest absolute Gasteiger partial charge is 0.492 e. The van der Waals surface area contributed by atoms with Crippen LogP contribution in [0.4, 0.5) is 5.82 Å². The zero-order valence-corrected chi connectivity index (χ0v) is 19.2. The molecule has 0 bridgehead atoms. The highest BCUT2D eigenvalue weighted by Crippen LogP contribution is 2.15. The highest BCUT2D eigenvalue weighted by atomic mass is 127. The van der Waals surface area contributed by atoms with Gasteiger partial charge in [0, 0.05) is 46.0 Å². The lowest BCUT2D eigenvalue weighted by Crippen LogP contribution is -2.40. The van der Waals surface area contributed by atoms with Gasteiger partial charge in [0.15, 0.2) is 5.96 Å². The van der Waals surface area contributed by atoms with Gasteiger partial charge in [-0.05, 0) is 42.0 Å². The molecule has 6 nitrogen and oxygen atoms in total. The maximum Gasteiger partial charge on any atom is 0.193 e. The van der Waals surface area contributed by atoms with E-state index >= 15 is 0 Å². The van der Waals surface area contributed by atoms with E-state index in [1.807, 2.05) is 67.5 Å². The van der Waals surface area contributed by atoms with E-state index in [-0.39, 0.29) is 24.0 Å². The summed E-state index contributed by atoms with van der Waals surface area (Å²) in [4.78, 5) is 12.7. The van der Waals surface area contributed by atoms with E-state index in [1.165, 1.54) is 0 Å². The summed E-state index contributed by atoms with van der Waals surface area (Å²) < 4.78 is 5.73. The van der Waals surface area contributed by atoms with Crippen LogP contribution in [0.15, 0.2) is 47.6 Å². The van der Waals surface area contributed by atoms with Crippen LogP contribution in [0.2, 0.25) is 5.02 Å². The highest BCUT2D eigenvalue weighted by molar-refractivity contribution is 14.0. The second-order valence-electron chi connectivity index (χ2n) is 6.04. The number of hydrogen-bond donors (Lipinski definition) is 1. The lowest BCUT2D eigenvalue weighted by atomic mass is 10.2. The van der Waals surface area contributed by atoms with Gasteiger partial charge in [-0.25, -0.2) is 4.98 Å². The summed E-state index contributed by atoms with van der Waals surface area (Å²) in [7, 11) is 7.72. The third-order valence-electron chi connectivity index (χ3n) is 3.80. The Kier molecular flexibility index (Phi) is 10.2. The molecule has 1 aromatic carbocycles. The molecule has 0 fully saturated rings. The summed E-state index contributed by atoms with van der Waals surface area (Å²) in [6, 6.07) is 11.4. The van der Waals surface area contributed by atoms with Crippen LogP contribution in [0.3, 0.4) is 0 Å². The molecule has 0 aliphatic heterocycles. The molecule has 0 spiro atoms. The van der Waals surface area contributed by atoms with Crippen LogP contribution in [0.5, 0.6) is 5.75 Å². The van der Waals surface area contributed by atoms with Crippen molar-refractivity contribution in [2.75, 3.05) is 46.2 Å². The summed E-state index contributed by atoms with van der Waals surface area (Å²) in [5, 5.41) is 4.07. The van der Waals surface area contributed by atoms with Crippen LogP contribution in [-0.4, -0.2) is 57.2 Å². The Bertz CT molecular complexity index is 724. The zero-order valence-electron chi connectivity index (χ0n) is 16.1. The molecule has 0 aliphatic carbocycles. The van der Waals surface area contributed by atoms with Gasteiger partial charge in [-0.3, -0.25) is 4.99 Å². The summed E-state index contributed by atoms with van der Waals surface area (Å²) in [5.74, 6) is 2.55. The normalized spacial score (nSPS) is 10.8. The molecule has 1 N–H and O–H groups in total. The molecule has 2 aromatic rings. The van der Waals surface area contributed by atoms with Crippen molar-refractivity contribution in [2.24, 2.45) is 4.99 Å². The maximum atomic E-state index is 5.87. The third kappa shape index (κ3) is 7.80. The molecule has 0 saturated heterocycles. The minimum absolute atomic E-state index is 0. The molecule has 8 heteroatoms. The van der Waals surface area contributed by atoms with Gasteiger partial charge in [-0.15, -0.1) is 24.0 Å². The first-order valence-electron chi connectivity index (χ1n) is 8.42. The molecule has 0 amide bonds. The zero-order chi connectivity index (χ0) is 18.9. The van der Waals surface area contributed by atoms with Crippen molar-refractivity contribution in [1.82, 2.24) is 15.2 Å². The van der Waals surface area contributed by atoms with E-state index in [0.29, 0.717) is 24.7 Å². The Balaban J connectivity index is 0.00000364. The topological polar surface area (TPSA) is 53.0 Å². The van der Waals surface area contributed by atoms with E-state index in [2.05, 4.69) is 21.4 Å². The average Bonchev–Trinajstić information content (AvgIpc) is 2.64. The standard InChI is InChI=1S/C19H26ClN5O.HI/c1-21-19(23-14-15-9-10-22-18(13-15)24(2)3)25(4)11-12-26-17-7-5-16(20)6-8-17;/h5-10,13H,11-12,14H2,1-4H3,(H,21,23);1H. The van der Waals surface area contributed by atoms with E-state index in [9.17, 15) is 0 Å². The number of anilines is 1. The second kappa shape index (κ2) is 11.9. The minimum Gasteiger partial charge on any atom is -0.492 e. The fraction of sp³-hybridized carbons (Fsp3) is 0.368. The van der Waals surface area contributed by atoms with E-state index in [0.717, 1.165) is 23.1 Å². The molecule has 0 unspecified atom stereocenters. The summed E-state index contributed by atoms with van der Waals surface area (Å²) >= 11 is 5.87. The Morgan fingerprint density at radius 3 is 2.52 bits per heavy atom. The highest BCUT2D eigenvalue weighted by Gasteiger charge is 2.07. The number of ether oxygens (including phenoxy) is 1. The van der Waals surface area contributed by atoms with E-state index in [4.69, 9.17) is 16.3 Å². The number of halogens is 2. The van der Waals surface area contributed by atoms with Crippen molar-refractivity contribution in [2.45, 2.75) is 6.54 Å². The van der Waals surface area contributed by atoms with E-state index < -0.39 is 0 Å². The van der Waals surface area contributed by atoms with Crippen LogP contribution >= 0.6 is 35.6 Å². The number of benzene rings is 1. The molecule has 0 radical (unpaired) electrons. The first-order chi connectivity index (χ1) is 12.5. The Morgan fingerprint density at radius 2 is 1.89 bits per heavy atom. The summed E-state index contributed by atoms with van der Waals surface area (Å²) in [6.45, 7) is 1.94. The molecule has 148 valence electrons. The van der Waals surface area contributed by atoms with Crippen LogP contribution < -0.4 is 15.0 Å². The van der Waals surface area contributed by atoms with Gasteiger partial charge >= 0.3 is 0 Å². The molecule has 1 aromatic heterocycles. The molecule has 2 rings (SSSR count). The van der Waals surface area contributed by atoms with Gasteiger partial charge < -0.3 is 19.9 Å². The molecular weight excluding hydrogens is 477 g/mol. The van der Waals surface area contributed by atoms with Crippen molar-refractivity contribution < 1.29 is 4.74 Å². The van der Waals surface area contributed by atoms with Crippen molar-refractivity contribution in [3.05, 3.63) is 53.2 Å². The Labute approximate surface area is 183 Å². The van der Waals surface area contributed by atoms with E-state index in [1.54, 1.807) is 7.05 Å². The fourth-order valence-electron chi connectivity index (χ4n) is 2.32. The monoisotopic (exact) mass is 503 g/mol. The molecular formula is C19H27ClIN5O. The Hall–Kier alpha value is -1.74. The third-order valence-corrected chi connectivity index (χ3v) is 4.05. The first kappa shape index (κ1) is 23.3. The minimum atomic E-state index is 0. The van der Waals surface area contributed by atoms with Crippen LogP contribution in [0.1, 0.15) is 5.56 Å². The number of rotatable bonds is 7. The SMILES string of the molecule is CN=C(NCc1ccnc(N(C)C)c1)N(C)CCOc1ccc(Cl)cc1.I. The number of pyridine rings is 1. The van der Waals surface area contributed by atoms with Crippen molar-refractivity contribution in [3.8, 4) is 5.75 Å². The van der Waals surface area contributed by atoms with Crippen LogP contribution in [0, 0.1) is 0 Å². The molecule has 27 heavy (non-hydrogen) atoms. The average molecular weight is 504 g/mol. The summed E-state index contributed by atoms with van der Waals surface area (Å²) in [5.41, 5.74) is 1.15. The van der Waals surface area contributed by atoms with Gasteiger partial charge in [-0.1, -0.05) is 11.6 Å². The Morgan fingerprint density at radius 1 is 1.19 bits per heavy atom. The summed E-state index contributed by atoms with van der Waals surface area (Å²) in [6.07, 6.45) is 1.82. The number of guanidine groups is 1. The van der Waals surface area contributed by atoms with Crippen LogP contribution in [0.25, 0.3) is 0 Å².